The third-order valence-electron chi connectivity index (χ3n) is 3.82. The molecule has 1 aromatic rings. The molecule has 0 heterocycles. The number of hydrogen-bond acceptors (Lipinski definition) is 3. The first kappa shape index (κ1) is 20.1. The van der Waals surface area contributed by atoms with Crippen LogP contribution in [0.25, 0.3) is 0 Å². The molecule has 0 aliphatic heterocycles. The summed E-state index contributed by atoms with van der Waals surface area (Å²) < 4.78 is 32.1. The number of nitrogens with one attached hydrogen (secondary N) is 1. The molecule has 1 unspecified atom stereocenters. The molecule has 1 rings (SSSR count). The van der Waals surface area contributed by atoms with E-state index >= 15 is 0 Å². The average Bonchev–Trinajstić information content (AvgIpc) is 2.54. The van der Waals surface area contributed by atoms with E-state index in [0.29, 0.717) is 6.42 Å². The molecule has 0 saturated heterocycles. The van der Waals surface area contributed by atoms with E-state index < -0.39 is 34.6 Å². The standard InChI is InChI=1S/C18H25F2NO3/c1-4-6-7-8-11-18(3,17(23)24-5-2)21-16(22)14-12-13(19)9-10-15(14)20/h9-10,12H,4-8,11H2,1-3H3,(H,21,22). The molecule has 1 atom stereocenters. The van der Waals surface area contributed by atoms with Gasteiger partial charge < -0.3 is 10.1 Å². The van der Waals surface area contributed by atoms with E-state index in [2.05, 4.69) is 12.2 Å². The molecule has 0 aliphatic rings. The van der Waals surface area contributed by atoms with Crippen LogP contribution in [-0.2, 0) is 9.53 Å². The number of benzene rings is 1. The smallest absolute Gasteiger partial charge is 0.331 e. The van der Waals surface area contributed by atoms with Crippen molar-refractivity contribution < 1.29 is 23.1 Å². The minimum absolute atomic E-state index is 0.174. The second-order valence-corrected chi connectivity index (χ2v) is 5.94. The fraction of sp³-hybridized carbons (Fsp3) is 0.556. The lowest BCUT2D eigenvalue weighted by molar-refractivity contribution is -0.150. The largest absolute Gasteiger partial charge is 0.464 e. The molecule has 0 saturated carbocycles. The van der Waals surface area contributed by atoms with E-state index in [1.807, 2.05) is 0 Å². The molecule has 0 bridgehead atoms. The van der Waals surface area contributed by atoms with E-state index in [9.17, 15) is 18.4 Å². The van der Waals surface area contributed by atoms with Crippen LogP contribution < -0.4 is 5.32 Å². The van der Waals surface area contributed by atoms with Crippen molar-refractivity contribution in [1.82, 2.24) is 5.32 Å². The highest BCUT2D eigenvalue weighted by Crippen LogP contribution is 2.19. The maximum atomic E-state index is 13.8. The van der Waals surface area contributed by atoms with Crippen LogP contribution in [-0.4, -0.2) is 24.0 Å². The van der Waals surface area contributed by atoms with E-state index in [4.69, 9.17) is 4.74 Å². The number of unbranched alkanes of at least 4 members (excludes halogenated alkanes) is 3. The Morgan fingerprint density at radius 3 is 2.50 bits per heavy atom. The van der Waals surface area contributed by atoms with Crippen LogP contribution in [0.1, 0.15) is 63.2 Å². The normalized spacial score (nSPS) is 13.2. The van der Waals surface area contributed by atoms with Crippen molar-refractivity contribution in [3.63, 3.8) is 0 Å². The molecule has 0 radical (unpaired) electrons. The van der Waals surface area contributed by atoms with Crippen LogP contribution in [0.2, 0.25) is 0 Å². The molecular formula is C18H25F2NO3. The number of carbonyl (C=O) groups is 2. The summed E-state index contributed by atoms with van der Waals surface area (Å²) in [6.07, 6.45) is 4.06. The predicted molar refractivity (Wildman–Crippen MR) is 87.6 cm³/mol. The minimum Gasteiger partial charge on any atom is -0.464 e. The number of ether oxygens (including phenoxy) is 1. The molecule has 0 aliphatic carbocycles. The second-order valence-electron chi connectivity index (χ2n) is 5.94. The van der Waals surface area contributed by atoms with Crippen LogP contribution in [0.4, 0.5) is 8.78 Å². The van der Waals surface area contributed by atoms with Crippen LogP contribution in [0.5, 0.6) is 0 Å². The van der Waals surface area contributed by atoms with Gasteiger partial charge in [-0.1, -0.05) is 32.6 Å². The van der Waals surface area contributed by atoms with Crippen LogP contribution in [0.3, 0.4) is 0 Å². The number of rotatable bonds is 9. The lowest BCUT2D eigenvalue weighted by atomic mass is 9.93. The molecule has 6 heteroatoms. The fourth-order valence-electron chi connectivity index (χ4n) is 2.40. The molecule has 24 heavy (non-hydrogen) atoms. The lowest BCUT2D eigenvalue weighted by Gasteiger charge is -2.28. The maximum Gasteiger partial charge on any atom is 0.331 e. The fourth-order valence-corrected chi connectivity index (χ4v) is 2.40. The molecular weight excluding hydrogens is 316 g/mol. The Balaban J connectivity index is 2.92. The Hall–Kier alpha value is -1.98. The second kappa shape index (κ2) is 9.35. The number of amides is 1. The van der Waals surface area contributed by atoms with Crippen molar-refractivity contribution in [1.29, 1.82) is 0 Å². The van der Waals surface area contributed by atoms with Gasteiger partial charge in [0.25, 0.3) is 5.91 Å². The highest BCUT2D eigenvalue weighted by molar-refractivity contribution is 5.98. The quantitative estimate of drug-likeness (QED) is 0.546. The van der Waals surface area contributed by atoms with Gasteiger partial charge in [0.2, 0.25) is 0 Å². The molecule has 134 valence electrons. The van der Waals surface area contributed by atoms with Gasteiger partial charge in [0.05, 0.1) is 12.2 Å². The zero-order chi connectivity index (χ0) is 18.2. The van der Waals surface area contributed by atoms with E-state index in [0.717, 1.165) is 43.9 Å². The Kier molecular flexibility index (Phi) is 7.82. The van der Waals surface area contributed by atoms with Crippen molar-refractivity contribution in [2.24, 2.45) is 0 Å². The Labute approximate surface area is 141 Å². The van der Waals surface area contributed by atoms with Gasteiger partial charge in [0.15, 0.2) is 0 Å². The van der Waals surface area contributed by atoms with Crippen molar-refractivity contribution in [2.75, 3.05) is 6.61 Å². The first-order chi connectivity index (χ1) is 11.3. The molecule has 0 spiro atoms. The third kappa shape index (κ3) is 5.58. The summed E-state index contributed by atoms with van der Waals surface area (Å²) in [5.41, 5.74) is -1.71. The molecule has 0 aromatic heterocycles. The van der Waals surface area contributed by atoms with Gasteiger partial charge in [0.1, 0.15) is 17.2 Å². The minimum atomic E-state index is -1.28. The summed E-state index contributed by atoms with van der Waals surface area (Å²) in [7, 11) is 0. The number of carbonyl (C=O) groups excluding carboxylic acids is 2. The van der Waals surface area contributed by atoms with Crippen LogP contribution >= 0.6 is 0 Å². The van der Waals surface area contributed by atoms with Crippen molar-refractivity contribution in [3.8, 4) is 0 Å². The first-order valence-corrected chi connectivity index (χ1v) is 8.28. The topological polar surface area (TPSA) is 55.4 Å². The summed E-state index contributed by atoms with van der Waals surface area (Å²) in [4.78, 5) is 24.5. The van der Waals surface area contributed by atoms with Gasteiger partial charge >= 0.3 is 5.97 Å². The van der Waals surface area contributed by atoms with Gasteiger partial charge in [-0.3, -0.25) is 4.79 Å². The maximum absolute atomic E-state index is 13.8. The van der Waals surface area contributed by atoms with E-state index in [1.165, 1.54) is 0 Å². The number of halogens is 2. The third-order valence-corrected chi connectivity index (χ3v) is 3.82. The predicted octanol–water partition coefficient (Wildman–Crippen LogP) is 3.99. The van der Waals surface area contributed by atoms with E-state index in [-0.39, 0.29) is 6.61 Å². The summed E-state index contributed by atoms with van der Waals surface area (Å²) >= 11 is 0. The van der Waals surface area contributed by atoms with Gasteiger partial charge in [-0.2, -0.15) is 0 Å². The van der Waals surface area contributed by atoms with Crippen LogP contribution in [0.15, 0.2) is 18.2 Å². The first-order valence-electron chi connectivity index (χ1n) is 8.28. The van der Waals surface area contributed by atoms with Gasteiger partial charge in [0, 0.05) is 0 Å². The molecule has 1 N–H and O–H groups in total. The number of esters is 1. The highest BCUT2D eigenvalue weighted by Gasteiger charge is 2.36. The summed E-state index contributed by atoms with van der Waals surface area (Å²) in [5.74, 6) is -2.97. The SMILES string of the molecule is CCCCCCC(C)(NC(=O)c1cc(F)ccc1F)C(=O)OCC. The van der Waals surface area contributed by atoms with Gasteiger partial charge in [-0.15, -0.1) is 0 Å². The Morgan fingerprint density at radius 2 is 1.88 bits per heavy atom. The molecule has 1 aromatic carbocycles. The summed E-state index contributed by atoms with van der Waals surface area (Å²) in [6.45, 7) is 5.46. The lowest BCUT2D eigenvalue weighted by Crippen LogP contribution is -2.53. The Bertz CT molecular complexity index is 577. The summed E-state index contributed by atoms with van der Waals surface area (Å²) in [5, 5.41) is 2.52. The monoisotopic (exact) mass is 341 g/mol. The van der Waals surface area contributed by atoms with E-state index in [1.54, 1.807) is 13.8 Å². The molecule has 1 amide bonds. The van der Waals surface area contributed by atoms with Crippen molar-refractivity contribution in [2.45, 2.75) is 58.4 Å². The average molecular weight is 341 g/mol. The zero-order valence-electron chi connectivity index (χ0n) is 14.5. The summed E-state index contributed by atoms with van der Waals surface area (Å²) in [6, 6.07) is 2.63. The van der Waals surface area contributed by atoms with Crippen LogP contribution in [0, 0.1) is 11.6 Å². The zero-order valence-corrected chi connectivity index (χ0v) is 14.5. The highest BCUT2D eigenvalue weighted by atomic mass is 19.1. The van der Waals surface area contributed by atoms with Crippen molar-refractivity contribution >= 4 is 11.9 Å². The Morgan fingerprint density at radius 1 is 1.17 bits per heavy atom. The van der Waals surface area contributed by atoms with Gasteiger partial charge in [-0.25, -0.2) is 13.6 Å². The van der Waals surface area contributed by atoms with Crippen molar-refractivity contribution in [3.05, 3.63) is 35.4 Å². The number of hydrogen-bond donors (Lipinski definition) is 1. The van der Waals surface area contributed by atoms with Gasteiger partial charge in [-0.05, 0) is 38.5 Å². The molecule has 0 fully saturated rings. The molecule has 4 nitrogen and oxygen atoms in total.